The first-order chi connectivity index (χ1) is 10.1. The third-order valence-corrected chi connectivity index (χ3v) is 3.78. The molecule has 1 aromatic carbocycles. The number of halogens is 1. The fraction of sp³-hybridized carbons (Fsp3) is 0.143. The van der Waals surface area contributed by atoms with Gasteiger partial charge in [0.05, 0.1) is 17.0 Å². The summed E-state index contributed by atoms with van der Waals surface area (Å²) in [6.07, 6.45) is 0. The summed E-state index contributed by atoms with van der Waals surface area (Å²) < 4.78 is 5.09. The third kappa shape index (κ3) is 4.21. The molecule has 7 heteroatoms. The van der Waals surface area contributed by atoms with E-state index in [4.69, 9.17) is 16.3 Å². The summed E-state index contributed by atoms with van der Waals surface area (Å²) >= 11 is 6.59. The van der Waals surface area contributed by atoms with Gasteiger partial charge in [0.2, 0.25) is 5.91 Å². The molecule has 0 radical (unpaired) electrons. The molecule has 1 aromatic heterocycles. The summed E-state index contributed by atoms with van der Waals surface area (Å²) in [5, 5.41) is 5.94. The first-order valence-electron chi connectivity index (χ1n) is 6.03. The maximum Gasteiger partial charge on any atom is 0.265 e. The zero-order chi connectivity index (χ0) is 15.2. The molecule has 2 N–H and O–H groups in total. The van der Waals surface area contributed by atoms with Crippen molar-refractivity contribution < 1.29 is 14.3 Å². The molecule has 0 spiro atoms. The van der Waals surface area contributed by atoms with E-state index in [0.29, 0.717) is 21.3 Å². The minimum atomic E-state index is -0.307. The van der Waals surface area contributed by atoms with E-state index < -0.39 is 0 Å². The Balaban J connectivity index is 2.04. The molecule has 0 unspecified atom stereocenters. The normalized spacial score (nSPS) is 10.0. The summed E-state index contributed by atoms with van der Waals surface area (Å²) in [6.45, 7) is 0. The number of rotatable bonds is 5. The Bertz CT molecular complexity index is 657. The zero-order valence-corrected chi connectivity index (χ0v) is 12.8. The standard InChI is InChI=1S/C14H13ClN2O3S/c1-20-10-4-2-3-9(7-10)16-14(19)11-5-6-13(21-11)17-12(18)8-15/h2-7H,8H2,1H3,(H,16,19)(H,17,18). The van der Waals surface area contributed by atoms with Gasteiger partial charge in [-0.3, -0.25) is 9.59 Å². The van der Waals surface area contributed by atoms with Crippen LogP contribution in [0.15, 0.2) is 36.4 Å². The van der Waals surface area contributed by atoms with E-state index in [2.05, 4.69) is 10.6 Å². The fourth-order valence-corrected chi connectivity index (χ4v) is 2.48. The number of nitrogens with one attached hydrogen (secondary N) is 2. The average molecular weight is 325 g/mol. The van der Waals surface area contributed by atoms with Crippen molar-refractivity contribution in [3.63, 3.8) is 0 Å². The summed E-state index contributed by atoms with van der Waals surface area (Å²) in [7, 11) is 1.56. The number of methoxy groups -OCH3 is 1. The fourth-order valence-electron chi connectivity index (χ4n) is 1.59. The Hall–Kier alpha value is -2.05. The highest BCUT2D eigenvalue weighted by molar-refractivity contribution is 7.18. The van der Waals surface area contributed by atoms with Crippen LogP contribution >= 0.6 is 22.9 Å². The number of thiophene rings is 1. The number of carbonyl (C=O) groups excluding carboxylic acids is 2. The lowest BCUT2D eigenvalue weighted by atomic mass is 10.3. The van der Waals surface area contributed by atoms with Gasteiger partial charge in [0.15, 0.2) is 0 Å². The van der Waals surface area contributed by atoms with E-state index in [0.717, 1.165) is 0 Å². The Morgan fingerprint density at radius 3 is 2.76 bits per heavy atom. The molecule has 0 saturated heterocycles. The Morgan fingerprint density at radius 1 is 1.24 bits per heavy atom. The van der Waals surface area contributed by atoms with Crippen LogP contribution in [0.4, 0.5) is 10.7 Å². The van der Waals surface area contributed by atoms with Crippen molar-refractivity contribution in [2.24, 2.45) is 0 Å². The first-order valence-corrected chi connectivity index (χ1v) is 7.38. The molecular weight excluding hydrogens is 312 g/mol. The van der Waals surface area contributed by atoms with Crippen LogP contribution in [0.1, 0.15) is 9.67 Å². The summed E-state index contributed by atoms with van der Waals surface area (Å²) in [6, 6.07) is 10.4. The molecule has 0 aliphatic carbocycles. The molecule has 21 heavy (non-hydrogen) atoms. The number of ether oxygens (including phenoxy) is 1. The van der Waals surface area contributed by atoms with Gasteiger partial charge in [0, 0.05) is 11.8 Å². The van der Waals surface area contributed by atoms with Gasteiger partial charge in [0.1, 0.15) is 11.6 Å². The van der Waals surface area contributed by atoms with Crippen LogP contribution < -0.4 is 15.4 Å². The topological polar surface area (TPSA) is 67.4 Å². The van der Waals surface area contributed by atoms with Crippen LogP contribution in [-0.2, 0) is 4.79 Å². The smallest absolute Gasteiger partial charge is 0.265 e. The van der Waals surface area contributed by atoms with Gasteiger partial charge in [-0.05, 0) is 24.3 Å². The highest BCUT2D eigenvalue weighted by Crippen LogP contribution is 2.24. The second-order valence-electron chi connectivity index (χ2n) is 4.03. The predicted molar refractivity (Wildman–Crippen MR) is 84.6 cm³/mol. The van der Waals surface area contributed by atoms with Crippen molar-refractivity contribution in [3.8, 4) is 5.75 Å². The second-order valence-corrected chi connectivity index (χ2v) is 5.38. The zero-order valence-electron chi connectivity index (χ0n) is 11.2. The number of hydrogen-bond donors (Lipinski definition) is 2. The minimum Gasteiger partial charge on any atom is -0.497 e. The van der Waals surface area contributed by atoms with Crippen molar-refractivity contribution in [1.82, 2.24) is 0 Å². The van der Waals surface area contributed by atoms with Gasteiger partial charge in [-0.15, -0.1) is 22.9 Å². The summed E-state index contributed by atoms with van der Waals surface area (Å²) in [4.78, 5) is 23.8. The quantitative estimate of drug-likeness (QED) is 0.830. The summed E-state index contributed by atoms with van der Waals surface area (Å²) in [5.74, 6) is -0.0181. The van der Waals surface area contributed by atoms with E-state index in [1.807, 2.05) is 0 Å². The number of amides is 2. The van der Waals surface area contributed by atoms with Gasteiger partial charge < -0.3 is 15.4 Å². The number of alkyl halides is 1. The monoisotopic (exact) mass is 324 g/mol. The molecule has 0 bridgehead atoms. The molecule has 2 amide bonds. The van der Waals surface area contributed by atoms with E-state index in [9.17, 15) is 9.59 Å². The molecule has 2 aromatic rings. The Morgan fingerprint density at radius 2 is 2.05 bits per heavy atom. The maximum absolute atomic E-state index is 12.1. The Kier molecular flexibility index (Phi) is 5.19. The SMILES string of the molecule is COc1cccc(NC(=O)c2ccc(NC(=O)CCl)s2)c1. The second kappa shape index (κ2) is 7.10. The molecule has 0 fully saturated rings. The lowest BCUT2D eigenvalue weighted by Crippen LogP contribution is -2.11. The van der Waals surface area contributed by atoms with Crippen molar-refractivity contribution in [2.75, 3.05) is 23.6 Å². The maximum atomic E-state index is 12.1. The molecular formula is C14H13ClN2O3S. The lowest BCUT2D eigenvalue weighted by Gasteiger charge is -2.05. The number of anilines is 2. The lowest BCUT2D eigenvalue weighted by molar-refractivity contribution is -0.113. The van der Waals surface area contributed by atoms with Gasteiger partial charge in [-0.2, -0.15) is 0 Å². The van der Waals surface area contributed by atoms with Crippen molar-refractivity contribution in [2.45, 2.75) is 0 Å². The van der Waals surface area contributed by atoms with Crippen molar-refractivity contribution in [3.05, 3.63) is 41.3 Å². The van der Waals surface area contributed by atoms with Gasteiger partial charge in [0.25, 0.3) is 5.91 Å². The van der Waals surface area contributed by atoms with Crippen LogP contribution in [0.3, 0.4) is 0 Å². The van der Waals surface area contributed by atoms with Gasteiger partial charge >= 0.3 is 0 Å². The predicted octanol–water partition coefficient (Wildman–Crippen LogP) is 3.19. The number of hydrogen-bond acceptors (Lipinski definition) is 4. The van der Waals surface area contributed by atoms with Gasteiger partial charge in [-0.1, -0.05) is 6.07 Å². The van der Waals surface area contributed by atoms with E-state index in [1.54, 1.807) is 43.5 Å². The molecule has 2 rings (SSSR count). The van der Waals surface area contributed by atoms with E-state index in [-0.39, 0.29) is 17.7 Å². The van der Waals surface area contributed by atoms with Crippen LogP contribution in [0.2, 0.25) is 0 Å². The number of benzene rings is 1. The Labute approximate surface area is 130 Å². The highest BCUT2D eigenvalue weighted by atomic mass is 35.5. The first kappa shape index (κ1) is 15.3. The average Bonchev–Trinajstić information content (AvgIpc) is 2.96. The molecule has 0 aliphatic heterocycles. The summed E-state index contributed by atoms with van der Waals surface area (Å²) in [5.41, 5.74) is 0.638. The molecule has 0 aliphatic rings. The van der Waals surface area contributed by atoms with E-state index in [1.165, 1.54) is 11.3 Å². The third-order valence-electron chi connectivity index (χ3n) is 2.54. The van der Waals surface area contributed by atoms with Crippen LogP contribution in [0.25, 0.3) is 0 Å². The molecule has 5 nitrogen and oxygen atoms in total. The molecule has 0 saturated carbocycles. The highest BCUT2D eigenvalue weighted by Gasteiger charge is 2.11. The van der Waals surface area contributed by atoms with Gasteiger partial charge in [-0.25, -0.2) is 0 Å². The van der Waals surface area contributed by atoms with Crippen LogP contribution in [0, 0.1) is 0 Å². The largest absolute Gasteiger partial charge is 0.497 e. The number of carbonyl (C=O) groups is 2. The molecule has 110 valence electrons. The van der Waals surface area contributed by atoms with Crippen molar-refractivity contribution >= 4 is 45.4 Å². The van der Waals surface area contributed by atoms with Crippen molar-refractivity contribution in [1.29, 1.82) is 0 Å². The molecule has 1 heterocycles. The minimum absolute atomic E-state index is 0.122. The molecule has 0 atom stereocenters. The van der Waals surface area contributed by atoms with Crippen LogP contribution in [0.5, 0.6) is 5.75 Å². The van der Waals surface area contributed by atoms with E-state index >= 15 is 0 Å². The van der Waals surface area contributed by atoms with Crippen LogP contribution in [-0.4, -0.2) is 24.8 Å².